The highest BCUT2D eigenvalue weighted by Gasteiger charge is 2.28. The number of rotatable bonds is 3. The topological polar surface area (TPSA) is 56.0 Å². The van der Waals surface area contributed by atoms with Gasteiger partial charge in [0.2, 0.25) is 0 Å². The Labute approximate surface area is 126 Å². The van der Waals surface area contributed by atoms with Crippen molar-refractivity contribution in [1.29, 1.82) is 0 Å². The molecule has 1 fully saturated rings. The molecule has 2 rings (SSSR count). The fourth-order valence-corrected chi connectivity index (χ4v) is 3.78. The summed E-state index contributed by atoms with van der Waals surface area (Å²) in [4.78, 5) is 17.1. The summed E-state index contributed by atoms with van der Waals surface area (Å²) in [7, 11) is 0. The van der Waals surface area contributed by atoms with Crippen LogP contribution in [-0.4, -0.2) is 16.8 Å². The second-order valence-electron chi connectivity index (χ2n) is 6.93. The van der Waals surface area contributed by atoms with Gasteiger partial charge >= 0.3 is 0 Å². The summed E-state index contributed by atoms with van der Waals surface area (Å²) in [6, 6.07) is 0.0482. The second kappa shape index (κ2) is 6.35. The third-order valence-electron chi connectivity index (χ3n) is 4.13. The molecule has 1 aliphatic carbocycles. The Morgan fingerprint density at radius 3 is 2.70 bits per heavy atom. The summed E-state index contributed by atoms with van der Waals surface area (Å²) in [5, 5.41) is 3.02. The Bertz CT molecular complexity index is 461. The molecule has 0 spiro atoms. The predicted molar refractivity (Wildman–Crippen MR) is 84.1 cm³/mol. The van der Waals surface area contributed by atoms with Gasteiger partial charge in [-0.1, -0.05) is 40.0 Å². The van der Waals surface area contributed by atoms with Crippen LogP contribution in [0.2, 0.25) is 0 Å². The number of thiazole rings is 1. The lowest BCUT2D eigenvalue weighted by Crippen LogP contribution is -2.35. The molecule has 20 heavy (non-hydrogen) atoms. The molecule has 4 heteroatoms. The lowest BCUT2D eigenvalue weighted by atomic mass is 9.89. The van der Waals surface area contributed by atoms with Crippen molar-refractivity contribution in [3.63, 3.8) is 0 Å². The molecule has 0 saturated heterocycles. The monoisotopic (exact) mass is 294 g/mol. The van der Waals surface area contributed by atoms with Crippen molar-refractivity contribution >= 4 is 17.1 Å². The summed E-state index contributed by atoms with van der Waals surface area (Å²) in [6.07, 6.45) is 5.91. The van der Waals surface area contributed by atoms with Gasteiger partial charge in [0.25, 0.3) is 0 Å². The number of hydrogen-bond donors (Lipinski definition) is 1. The van der Waals surface area contributed by atoms with Gasteiger partial charge in [0.1, 0.15) is 10.8 Å². The average molecular weight is 294 g/mol. The zero-order valence-electron chi connectivity index (χ0n) is 12.8. The van der Waals surface area contributed by atoms with Crippen LogP contribution in [0.1, 0.15) is 63.6 Å². The highest BCUT2D eigenvalue weighted by atomic mass is 32.1. The maximum Gasteiger partial charge on any atom is 0.144 e. The summed E-state index contributed by atoms with van der Waals surface area (Å²) in [6.45, 7) is 6.44. The van der Waals surface area contributed by atoms with Crippen LogP contribution in [0.4, 0.5) is 0 Å². The van der Waals surface area contributed by atoms with Crippen molar-refractivity contribution in [1.82, 2.24) is 4.98 Å². The lowest BCUT2D eigenvalue weighted by molar-refractivity contribution is -0.123. The zero-order chi connectivity index (χ0) is 14.8. The number of ketones is 1. The van der Waals surface area contributed by atoms with E-state index in [1.165, 1.54) is 6.42 Å². The number of nitrogens with two attached hydrogens (primary N) is 1. The molecule has 1 aromatic rings. The molecule has 0 aliphatic heterocycles. The lowest BCUT2D eigenvalue weighted by Gasteiger charge is -2.19. The van der Waals surface area contributed by atoms with Crippen LogP contribution in [-0.2, 0) is 16.6 Å². The standard InChI is InChI=1S/C16H26N2OS/c1-16(2,3)14-10-20-15(18-14)9-13(19)11-7-5-4-6-8-12(11)17/h10-12H,4-9,17H2,1-3H3. The molecule has 0 radical (unpaired) electrons. The molecule has 2 N–H and O–H groups in total. The average Bonchev–Trinajstić information content (AvgIpc) is 2.71. The van der Waals surface area contributed by atoms with Crippen LogP contribution in [0, 0.1) is 5.92 Å². The van der Waals surface area contributed by atoms with Crippen molar-refractivity contribution in [2.45, 2.75) is 70.8 Å². The molecule has 0 amide bonds. The highest BCUT2D eigenvalue weighted by Crippen LogP contribution is 2.27. The SMILES string of the molecule is CC(C)(C)c1csc(CC(=O)C2CCCCCC2N)n1. The maximum absolute atomic E-state index is 12.5. The van der Waals surface area contributed by atoms with E-state index in [0.29, 0.717) is 6.42 Å². The van der Waals surface area contributed by atoms with Gasteiger partial charge in [-0.3, -0.25) is 4.79 Å². The second-order valence-corrected chi connectivity index (χ2v) is 7.87. The summed E-state index contributed by atoms with van der Waals surface area (Å²) < 4.78 is 0. The van der Waals surface area contributed by atoms with Crippen molar-refractivity contribution in [3.05, 3.63) is 16.1 Å². The maximum atomic E-state index is 12.5. The van der Waals surface area contributed by atoms with Crippen LogP contribution >= 0.6 is 11.3 Å². The Morgan fingerprint density at radius 2 is 2.05 bits per heavy atom. The number of carbonyl (C=O) groups is 1. The van der Waals surface area contributed by atoms with Crippen molar-refractivity contribution in [3.8, 4) is 0 Å². The summed E-state index contributed by atoms with van der Waals surface area (Å²) >= 11 is 1.60. The van der Waals surface area contributed by atoms with E-state index < -0.39 is 0 Å². The fraction of sp³-hybridized carbons (Fsp3) is 0.750. The van der Waals surface area contributed by atoms with Gasteiger partial charge in [-0.05, 0) is 12.8 Å². The molecule has 1 heterocycles. The summed E-state index contributed by atoms with van der Waals surface area (Å²) in [5.41, 5.74) is 7.30. The first-order valence-corrected chi connectivity index (χ1v) is 8.49. The smallest absolute Gasteiger partial charge is 0.144 e. The van der Waals surface area contributed by atoms with Crippen LogP contribution in [0.5, 0.6) is 0 Å². The molecular weight excluding hydrogens is 268 g/mol. The molecular formula is C16H26N2OS. The minimum atomic E-state index is 0.0412. The zero-order valence-corrected chi connectivity index (χ0v) is 13.6. The quantitative estimate of drug-likeness (QED) is 0.869. The van der Waals surface area contributed by atoms with E-state index in [-0.39, 0.29) is 23.2 Å². The van der Waals surface area contributed by atoms with E-state index in [4.69, 9.17) is 5.73 Å². The Morgan fingerprint density at radius 1 is 1.35 bits per heavy atom. The van der Waals surface area contributed by atoms with E-state index in [9.17, 15) is 4.79 Å². The minimum Gasteiger partial charge on any atom is -0.327 e. The first-order chi connectivity index (χ1) is 9.38. The summed E-state index contributed by atoms with van der Waals surface area (Å²) in [5.74, 6) is 0.327. The predicted octanol–water partition coefficient (Wildman–Crippen LogP) is 3.46. The van der Waals surface area contributed by atoms with Crippen molar-refractivity contribution in [2.24, 2.45) is 11.7 Å². The first-order valence-electron chi connectivity index (χ1n) is 7.61. The fourth-order valence-electron chi connectivity index (χ4n) is 2.75. The molecule has 2 unspecified atom stereocenters. The largest absolute Gasteiger partial charge is 0.327 e. The Kier molecular flexibility index (Phi) is 4.97. The highest BCUT2D eigenvalue weighted by molar-refractivity contribution is 7.09. The molecule has 0 bridgehead atoms. The number of carbonyl (C=O) groups excluding carboxylic acids is 1. The number of Topliss-reactive ketones (excluding diaryl/α,β-unsaturated/α-hetero) is 1. The van der Waals surface area contributed by atoms with Gasteiger partial charge in [-0.15, -0.1) is 11.3 Å². The molecule has 0 aromatic carbocycles. The van der Waals surface area contributed by atoms with Gasteiger partial charge in [-0.2, -0.15) is 0 Å². The van der Waals surface area contributed by atoms with Gasteiger partial charge in [0, 0.05) is 22.8 Å². The number of aromatic nitrogens is 1. The Balaban J connectivity index is 2.01. The van der Waals surface area contributed by atoms with Crippen LogP contribution in [0.25, 0.3) is 0 Å². The minimum absolute atomic E-state index is 0.0412. The molecule has 3 nitrogen and oxygen atoms in total. The van der Waals surface area contributed by atoms with Crippen LogP contribution in [0.3, 0.4) is 0 Å². The van der Waals surface area contributed by atoms with Crippen LogP contribution < -0.4 is 5.73 Å². The van der Waals surface area contributed by atoms with Crippen LogP contribution in [0.15, 0.2) is 5.38 Å². The van der Waals surface area contributed by atoms with Crippen molar-refractivity contribution in [2.75, 3.05) is 0 Å². The van der Waals surface area contributed by atoms with Gasteiger partial charge in [0.15, 0.2) is 0 Å². The molecule has 1 saturated carbocycles. The van der Waals surface area contributed by atoms with E-state index in [0.717, 1.165) is 36.4 Å². The number of hydrogen-bond acceptors (Lipinski definition) is 4. The Hall–Kier alpha value is -0.740. The normalized spacial score (nSPS) is 24.4. The molecule has 2 atom stereocenters. The molecule has 112 valence electrons. The molecule has 1 aliphatic rings. The van der Waals surface area contributed by atoms with Gasteiger partial charge in [0.05, 0.1) is 12.1 Å². The van der Waals surface area contributed by atoms with E-state index in [1.54, 1.807) is 11.3 Å². The van der Waals surface area contributed by atoms with E-state index in [1.807, 2.05) is 0 Å². The van der Waals surface area contributed by atoms with E-state index in [2.05, 4.69) is 31.1 Å². The first kappa shape index (κ1) is 15.6. The van der Waals surface area contributed by atoms with Gasteiger partial charge < -0.3 is 5.73 Å². The van der Waals surface area contributed by atoms with E-state index >= 15 is 0 Å². The number of nitrogens with zero attached hydrogens (tertiary/aromatic N) is 1. The third kappa shape index (κ3) is 3.89. The molecule has 1 aromatic heterocycles. The van der Waals surface area contributed by atoms with Gasteiger partial charge in [-0.25, -0.2) is 4.98 Å². The van der Waals surface area contributed by atoms with Crippen molar-refractivity contribution < 1.29 is 4.79 Å². The third-order valence-corrected chi connectivity index (χ3v) is 4.98.